The van der Waals surface area contributed by atoms with Crippen molar-refractivity contribution in [3.8, 4) is 5.75 Å². The smallest absolute Gasteiger partial charge is 0.120 e. The minimum Gasteiger partial charge on any atom is -0.489 e. The molecule has 0 unspecified atom stereocenters. The van der Waals surface area contributed by atoms with Crippen molar-refractivity contribution >= 4 is 6.21 Å². The standard InChI is InChI=1S/C17H20N2O/c1-13-7-8-14(2)16(9-13)12-20-17-6-4-5-15(10-17)11-19-18-3/h4-11,18H,12H2,1-3H3. The summed E-state index contributed by atoms with van der Waals surface area (Å²) in [6, 6.07) is 14.3. The topological polar surface area (TPSA) is 33.6 Å². The third-order valence-corrected chi connectivity index (χ3v) is 3.10. The first-order valence-corrected chi connectivity index (χ1v) is 6.68. The highest BCUT2D eigenvalue weighted by atomic mass is 16.5. The fourth-order valence-electron chi connectivity index (χ4n) is 1.94. The SMILES string of the molecule is CNN=Cc1cccc(OCc2cc(C)ccc2C)c1. The fraction of sp³-hybridized carbons (Fsp3) is 0.235. The van der Waals surface area contributed by atoms with Gasteiger partial charge in [-0.3, -0.25) is 0 Å². The van der Waals surface area contributed by atoms with Crippen LogP contribution in [0.25, 0.3) is 0 Å². The van der Waals surface area contributed by atoms with Crippen molar-refractivity contribution in [2.24, 2.45) is 5.10 Å². The zero-order chi connectivity index (χ0) is 14.4. The molecule has 20 heavy (non-hydrogen) atoms. The summed E-state index contributed by atoms with van der Waals surface area (Å²) in [4.78, 5) is 0. The van der Waals surface area contributed by atoms with Gasteiger partial charge in [-0.15, -0.1) is 0 Å². The number of hydrazone groups is 1. The van der Waals surface area contributed by atoms with Gasteiger partial charge in [-0.05, 0) is 42.7 Å². The molecule has 0 aromatic heterocycles. The molecule has 0 aliphatic carbocycles. The lowest BCUT2D eigenvalue weighted by Crippen LogP contribution is -1.99. The average Bonchev–Trinajstić information content (AvgIpc) is 2.46. The van der Waals surface area contributed by atoms with Gasteiger partial charge in [-0.1, -0.05) is 35.9 Å². The average molecular weight is 268 g/mol. The van der Waals surface area contributed by atoms with Crippen molar-refractivity contribution in [2.45, 2.75) is 20.5 Å². The van der Waals surface area contributed by atoms with Crippen LogP contribution < -0.4 is 10.2 Å². The van der Waals surface area contributed by atoms with Crippen molar-refractivity contribution in [3.63, 3.8) is 0 Å². The number of ether oxygens (including phenoxy) is 1. The van der Waals surface area contributed by atoms with Gasteiger partial charge in [0.1, 0.15) is 12.4 Å². The second-order valence-electron chi connectivity index (χ2n) is 4.77. The van der Waals surface area contributed by atoms with Crippen LogP contribution in [0.4, 0.5) is 0 Å². The van der Waals surface area contributed by atoms with E-state index in [-0.39, 0.29) is 0 Å². The molecular weight excluding hydrogens is 248 g/mol. The molecule has 0 aliphatic heterocycles. The van der Waals surface area contributed by atoms with Crippen LogP contribution in [0.15, 0.2) is 47.6 Å². The summed E-state index contributed by atoms with van der Waals surface area (Å²) < 4.78 is 5.87. The number of hydrogen-bond acceptors (Lipinski definition) is 3. The highest BCUT2D eigenvalue weighted by Crippen LogP contribution is 2.17. The van der Waals surface area contributed by atoms with Crippen LogP contribution in [-0.4, -0.2) is 13.3 Å². The van der Waals surface area contributed by atoms with Crippen molar-refractivity contribution in [1.82, 2.24) is 5.43 Å². The first kappa shape index (κ1) is 14.1. The van der Waals surface area contributed by atoms with Gasteiger partial charge in [0.25, 0.3) is 0 Å². The molecule has 0 fully saturated rings. The monoisotopic (exact) mass is 268 g/mol. The Hall–Kier alpha value is -2.29. The molecule has 0 heterocycles. The Morgan fingerprint density at radius 1 is 1.15 bits per heavy atom. The Bertz CT molecular complexity index is 606. The van der Waals surface area contributed by atoms with E-state index in [1.807, 2.05) is 24.3 Å². The summed E-state index contributed by atoms with van der Waals surface area (Å²) in [5.74, 6) is 0.853. The molecule has 2 rings (SSSR count). The summed E-state index contributed by atoms with van der Waals surface area (Å²) in [5.41, 5.74) is 7.48. The van der Waals surface area contributed by atoms with Gasteiger partial charge >= 0.3 is 0 Å². The van der Waals surface area contributed by atoms with Crippen molar-refractivity contribution in [3.05, 3.63) is 64.7 Å². The second-order valence-corrected chi connectivity index (χ2v) is 4.77. The molecule has 0 saturated heterocycles. The highest BCUT2D eigenvalue weighted by Gasteiger charge is 2.01. The Labute approximate surface area is 120 Å². The molecule has 0 aliphatic rings. The van der Waals surface area contributed by atoms with Gasteiger partial charge in [0.15, 0.2) is 0 Å². The predicted octanol–water partition coefficient (Wildman–Crippen LogP) is 3.44. The largest absolute Gasteiger partial charge is 0.489 e. The molecule has 0 atom stereocenters. The number of nitrogens with zero attached hydrogens (tertiary/aromatic N) is 1. The van der Waals surface area contributed by atoms with E-state index in [2.05, 4.69) is 42.6 Å². The van der Waals surface area contributed by atoms with Gasteiger partial charge in [0, 0.05) is 7.05 Å². The lowest BCUT2D eigenvalue weighted by molar-refractivity contribution is 0.305. The van der Waals surface area contributed by atoms with Crippen molar-refractivity contribution in [2.75, 3.05) is 7.05 Å². The molecule has 0 bridgehead atoms. The van der Waals surface area contributed by atoms with Crippen LogP contribution in [0, 0.1) is 13.8 Å². The molecule has 0 amide bonds. The van der Waals surface area contributed by atoms with E-state index in [9.17, 15) is 0 Å². The van der Waals surface area contributed by atoms with E-state index in [1.54, 1.807) is 13.3 Å². The maximum absolute atomic E-state index is 5.87. The molecule has 1 N–H and O–H groups in total. The molecule has 3 heteroatoms. The fourth-order valence-corrected chi connectivity index (χ4v) is 1.94. The third-order valence-electron chi connectivity index (χ3n) is 3.10. The molecule has 0 spiro atoms. The Balaban J connectivity index is 2.07. The van der Waals surface area contributed by atoms with Crippen LogP contribution in [-0.2, 0) is 6.61 Å². The van der Waals surface area contributed by atoms with Gasteiger partial charge in [0.05, 0.1) is 6.21 Å². The number of nitrogens with one attached hydrogen (secondary N) is 1. The van der Waals surface area contributed by atoms with Crippen LogP contribution in [0.3, 0.4) is 0 Å². The van der Waals surface area contributed by atoms with E-state index in [4.69, 9.17) is 4.74 Å². The summed E-state index contributed by atoms with van der Waals surface area (Å²) in [6.07, 6.45) is 1.77. The van der Waals surface area contributed by atoms with Crippen LogP contribution in [0.1, 0.15) is 22.3 Å². The lowest BCUT2D eigenvalue weighted by Gasteiger charge is -2.10. The maximum Gasteiger partial charge on any atom is 0.120 e. The zero-order valence-corrected chi connectivity index (χ0v) is 12.2. The van der Waals surface area contributed by atoms with Crippen LogP contribution in [0.2, 0.25) is 0 Å². The van der Waals surface area contributed by atoms with Crippen LogP contribution >= 0.6 is 0 Å². The van der Waals surface area contributed by atoms with Crippen molar-refractivity contribution in [1.29, 1.82) is 0 Å². The molecule has 2 aromatic rings. The molecule has 3 nitrogen and oxygen atoms in total. The summed E-state index contributed by atoms with van der Waals surface area (Å²) in [7, 11) is 1.78. The van der Waals surface area contributed by atoms with E-state index in [0.29, 0.717) is 6.61 Å². The van der Waals surface area contributed by atoms with E-state index < -0.39 is 0 Å². The maximum atomic E-state index is 5.87. The van der Waals surface area contributed by atoms with Crippen LogP contribution in [0.5, 0.6) is 5.75 Å². The number of benzene rings is 2. The molecule has 0 radical (unpaired) electrons. The number of aryl methyl sites for hydroxylation is 2. The van der Waals surface area contributed by atoms with Gasteiger partial charge in [0.2, 0.25) is 0 Å². The molecule has 2 aromatic carbocycles. The van der Waals surface area contributed by atoms with E-state index in [0.717, 1.165) is 11.3 Å². The quantitative estimate of drug-likeness (QED) is 0.665. The normalized spacial score (nSPS) is 10.8. The lowest BCUT2D eigenvalue weighted by atomic mass is 10.1. The summed E-state index contributed by atoms with van der Waals surface area (Å²) in [5, 5.41) is 4.00. The van der Waals surface area contributed by atoms with Gasteiger partial charge in [-0.2, -0.15) is 5.10 Å². The summed E-state index contributed by atoms with van der Waals surface area (Å²) >= 11 is 0. The Kier molecular flexibility index (Phi) is 4.77. The van der Waals surface area contributed by atoms with Gasteiger partial charge in [-0.25, -0.2) is 0 Å². The molecule has 104 valence electrons. The molecule has 0 saturated carbocycles. The van der Waals surface area contributed by atoms with Gasteiger partial charge < -0.3 is 10.2 Å². The second kappa shape index (κ2) is 6.75. The predicted molar refractivity (Wildman–Crippen MR) is 83.3 cm³/mol. The zero-order valence-electron chi connectivity index (χ0n) is 12.2. The summed E-state index contributed by atoms with van der Waals surface area (Å²) in [6.45, 7) is 4.78. The van der Waals surface area contributed by atoms with E-state index >= 15 is 0 Å². The first-order valence-electron chi connectivity index (χ1n) is 6.68. The Morgan fingerprint density at radius 3 is 2.80 bits per heavy atom. The highest BCUT2D eigenvalue weighted by molar-refractivity contribution is 5.79. The first-order chi connectivity index (χ1) is 9.69. The minimum atomic E-state index is 0.583. The third kappa shape index (κ3) is 3.85. The Morgan fingerprint density at radius 2 is 2.00 bits per heavy atom. The molecular formula is C17H20N2O. The van der Waals surface area contributed by atoms with Crippen molar-refractivity contribution < 1.29 is 4.74 Å². The number of hydrogen-bond donors (Lipinski definition) is 1. The number of rotatable bonds is 5. The van der Waals surface area contributed by atoms with E-state index in [1.165, 1.54) is 16.7 Å². The minimum absolute atomic E-state index is 0.583.